The van der Waals surface area contributed by atoms with E-state index < -0.39 is 8.56 Å². The highest BCUT2D eigenvalue weighted by Gasteiger charge is 2.40. The molecule has 3 rings (SSSR count). The summed E-state index contributed by atoms with van der Waals surface area (Å²) in [6.07, 6.45) is 0.903. The van der Waals surface area contributed by atoms with Gasteiger partial charge in [-0.25, -0.2) is 0 Å². The first-order valence-electron chi connectivity index (χ1n) is 10.5. The van der Waals surface area contributed by atoms with Crippen LogP contribution in [0.4, 0.5) is 0 Å². The van der Waals surface area contributed by atoms with Gasteiger partial charge in [-0.05, 0) is 60.8 Å². The first-order valence-corrected chi connectivity index (χ1v) is 12.5. The van der Waals surface area contributed by atoms with E-state index in [9.17, 15) is 0 Å². The molecule has 0 amide bonds. The van der Waals surface area contributed by atoms with Crippen LogP contribution in [0.2, 0.25) is 6.04 Å². The molecule has 0 aliphatic carbocycles. The Labute approximate surface area is 175 Å². The summed E-state index contributed by atoms with van der Waals surface area (Å²) in [6.45, 7) is 12.6. The number of ether oxygens (including phenoxy) is 1. The van der Waals surface area contributed by atoms with Crippen LogP contribution in [0.15, 0.2) is 66.7 Å². The molecule has 0 unspecified atom stereocenters. The van der Waals surface area contributed by atoms with Gasteiger partial charge in [0, 0.05) is 25.0 Å². The van der Waals surface area contributed by atoms with Gasteiger partial charge in [-0.3, -0.25) is 0 Å². The molecule has 0 fully saturated rings. The van der Waals surface area contributed by atoms with Crippen molar-refractivity contribution >= 4 is 35.3 Å². The van der Waals surface area contributed by atoms with Crippen LogP contribution in [0.1, 0.15) is 27.2 Å². The summed E-state index contributed by atoms with van der Waals surface area (Å²) in [4.78, 5) is 0. The summed E-state index contributed by atoms with van der Waals surface area (Å²) in [7, 11) is -2.63. The van der Waals surface area contributed by atoms with Gasteiger partial charge < -0.3 is 13.6 Å². The second kappa shape index (κ2) is 10.2. The van der Waals surface area contributed by atoms with Crippen molar-refractivity contribution in [2.45, 2.75) is 33.2 Å². The Morgan fingerprint density at radius 3 is 2.17 bits per heavy atom. The number of benzene rings is 3. The number of hydrogen-bond donors (Lipinski definition) is 0. The fourth-order valence-corrected chi connectivity index (χ4v) is 7.46. The molecule has 0 radical (unpaired) electrons. The first kappa shape index (κ1) is 21.7. The van der Waals surface area contributed by atoms with E-state index >= 15 is 0 Å². The fraction of sp³-hybridized carbons (Fsp3) is 0.360. The Bertz CT molecular complexity index is 961. The number of fused-ring (bicyclic) bond motifs is 3. The van der Waals surface area contributed by atoms with Gasteiger partial charge in [0.15, 0.2) is 0 Å². The zero-order valence-corrected chi connectivity index (χ0v) is 18.9. The molecular formula is C25H32O3Si. The second-order valence-electron chi connectivity index (χ2n) is 7.42. The molecule has 0 saturated heterocycles. The van der Waals surface area contributed by atoms with E-state index in [0.29, 0.717) is 26.4 Å². The van der Waals surface area contributed by atoms with Gasteiger partial charge in [-0.1, -0.05) is 60.7 Å². The van der Waals surface area contributed by atoms with Crippen molar-refractivity contribution in [3.8, 4) is 0 Å². The molecule has 0 aliphatic heterocycles. The average molecular weight is 409 g/mol. The van der Waals surface area contributed by atoms with Gasteiger partial charge in [0.25, 0.3) is 0 Å². The van der Waals surface area contributed by atoms with Crippen LogP contribution in [0.3, 0.4) is 0 Å². The summed E-state index contributed by atoms with van der Waals surface area (Å²) in [5.74, 6) is 0. The third kappa shape index (κ3) is 4.96. The summed E-state index contributed by atoms with van der Waals surface area (Å²) in [6, 6.07) is 20.3. The van der Waals surface area contributed by atoms with Crippen molar-refractivity contribution in [3.05, 3.63) is 66.7 Å². The maximum Gasteiger partial charge on any atom is 0.373 e. The molecule has 0 aromatic heterocycles. The molecule has 4 heteroatoms. The molecule has 3 aromatic carbocycles. The lowest BCUT2D eigenvalue weighted by atomic mass is 10.0. The highest BCUT2D eigenvalue weighted by molar-refractivity contribution is 6.83. The van der Waals surface area contributed by atoms with Crippen molar-refractivity contribution in [3.63, 3.8) is 0 Å². The first-order chi connectivity index (χ1) is 14.1. The highest BCUT2D eigenvalue weighted by atomic mass is 28.4. The van der Waals surface area contributed by atoms with Crippen molar-refractivity contribution < 1.29 is 13.6 Å². The smallest absolute Gasteiger partial charge is 0.373 e. The van der Waals surface area contributed by atoms with Crippen LogP contribution in [0.5, 0.6) is 0 Å². The quantitative estimate of drug-likeness (QED) is 0.176. The average Bonchev–Trinajstić information content (AvgIpc) is 2.73. The van der Waals surface area contributed by atoms with Crippen molar-refractivity contribution in [2.75, 3.05) is 26.4 Å². The lowest BCUT2D eigenvalue weighted by Gasteiger charge is -2.32. The van der Waals surface area contributed by atoms with Crippen LogP contribution < -0.4 is 5.19 Å². The normalized spacial score (nSPS) is 12.0. The van der Waals surface area contributed by atoms with E-state index in [2.05, 4.69) is 75.0 Å². The molecule has 3 aromatic rings. The summed E-state index contributed by atoms with van der Waals surface area (Å²) < 4.78 is 18.7. The maximum atomic E-state index is 6.48. The van der Waals surface area contributed by atoms with Crippen LogP contribution >= 0.6 is 0 Å². The van der Waals surface area contributed by atoms with E-state index in [0.717, 1.165) is 18.0 Å². The zero-order chi connectivity index (χ0) is 20.7. The molecular weight excluding hydrogens is 376 g/mol. The predicted octanol–water partition coefficient (Wildman–Crippen LogP) is 5.70. The Morgan fingerprint density at radius 2 is 1.52 bits per heavy atom. The SMILES string of the molecule is C=C(C)COCCC[Si](OCC)(OCC)c1cc2ccccc2c2ccccc12. The van der Waals surface area contributed by atoms with Crippen molar-refractivity contribution in [1.29, 1.82) is 0 Å². The molecule has 29 heavy (non-hydrogen) atoms. The van der Waals surface area contributed by atoms with Crippen LogP contribution in [0.25, 0.3) is 21.5 Å². The molecule has 3 nitrogen and oxygen atoms in total. The molecule has 0 atom stereocenters. The van der Waals surface area contributed by atoms with Crippen LogP contribution in [0, 0.1) is 0 Å². The second-order valence-corrected chi connectivity index (χ2v) is 10.5. The minimum absolute atomic E-state index is 0.608. The zero-order valence-electron chi connectivity index (χ0n) is 17.9. The van der Waals surface area contributed by atoms with Gasteiger partial charge in [0.05, 0.1) is 6.61 Å². The lowest BCUT2D eigenvalue weighted by molar-refractivity contribution is 0.149. The lowest BCUT2D eigenvalue weighted by Crippen LogP contribution is -2.54. The highest BCUT2D eigenvalue weighted by Crippen LogP contribution is 2.28. The minimum atomic E-state index is -2.63. The number of rotatable bonds is 11. The van der Waals surface area contributed by atoms with E-state index in [1.165, 1.54) is 26.7 Å². The summed E-state index contributed by atoms with van der Waals surface area (Å²) >= 11 is 0. The third-order valence-electron chi connectivity index (χ3n) is 5.08. The minimum Gasteiger partial charge on any atom is -0.391 e. The van der Waals surface area contributed by atoms with Crippen molar-refractivity contribution in [2.24, 2.45) is 0 Å². The molecule has 0 saturated carbocycles. The molecule has 0 N–H and O–H groups in total. The molecule has 154 valence electrons. The summed E-state index contributed by atoms with van der Waals surface area (Å²) in [5.41, 5.74) is 1.05. The molecule has 0 aliphatic rings. The standard InChI is InChI=1S/C25H32O3Si/c1-5-27-29(28-6-2,17-11-16-26-19-20(3)4)25-18-21-12-7-8-13-22(21)23-14-9-10-15-24(23)25/h7-10,12-15,18H,3,5-6,11,16-17,19H2,1-2,4H3. The van der Waals surface area contributed by atoms with E-state index in [1.807, 2.05) is 6.92 Å². The van der Waals surface area contributed by atoms with Gasteiger partial charge in [-0.2, -0.15) is 0 Å². The van der Waals surface area contributed by atoms with Crippen LogP contribution in [-0.4, -0.2) is 35.0 Å². The van der Waals surface area contributed by atoms with Gasteiger partial charge in [-0.15, -0.1) is 0 Å². The topological polar surface area (TPSA) is 27.7 Å². The Balaban J connectivity index is 2.06. The van der Waals surface area contributed by atoms with Crippen molar-refractivity contribution in [1.82, 2.24) is 0 Å². The Hall–Kier alpha value is -1.98. The van der Waals surface area contributed by atoms with E-state index in [1.54, 1.807) is 0 Å². The van der Waals surface area contributed by atoms with E-state index in [4.69, 9.17) is 13.6 Å². The molecule has 0 spiro atoms. The largest absolute Gasteiger partial charge is 0.391 e. The molecule has 0 heterocycles. The Morgan fingerprint density at radius 1 is 0.897 bits per heavy atom. The Kier molecular flexibility index (Phi) is 7.62. The van der Waals surface area contributed by atoms with Gasteiger partial charge in [0.1, 0.15) is 0 Å². The summed E-state index contributed by atoms with van der Waals surface area (Å²) in [5, 5.41) is 6.23. The van der Waals surface area contributed by atoms with E-state index in [-0.39, 0.29) is 0 Å². The monoisotopic (exact) mass is 408 g/mol. The number of hydrogen-bond acceptors (Lipinski definition) is 3. The van der Waals surface area contributed by atoms with Crippen LogP contribution in [-0.2, 0) is 13.6 Å². The van der Waals surface area contributed by atoms with Gasteiger partial charge >= 0.3 is 8.56 Å². The predicted molar refractivity (Wildman–Crippen MR) is 125 cm³/mol. The fourth-order valence-electron chi connectivity index (χ4n) is 3.97. The third-order valence-corrected chi connectivity index (χ3v) is 8.83. The molecule has 0 bridgehead atoms. The maximum absolute atomic E-state index is 6.48. The van der Waals surface area contributed by atoms with Gasteiger partial charge in [0.2, 0.25) is 0 Å².